The first-order chi connectivity index (χ1) is 14.4. The van der Waals surface area contributed by atoms with Gasteiger partial charge < -0.3 is 15.2 Å². The molecule has 0 unspecified atom stereocenters. The minimum Gasteiger partial charge on any atom is -0.491 e. The lowest BCUT2D eigenvalue weighted by Crippen LogP contribution is -2.47. The molecule has 2 atom stereocenters. The molecule has 30 heavy (non-hydrogen) atoms. The van der Waals surface area contributed by atoms with Gasteiger partial charge >= 0.3 is 6.03 Å². The third-order valence-electron chi connectivity index (χ3n) is 5.73. The number of aryl methyl sites for hydroxylation is 1. The van der Waals surface area contributed by atoms with Crippen LogP contribution in [0.25, 0.3) is 0 Å². The largest absolute Gasteiger partial charge is 0.491 e. The van der Waals surface area contributed by atoms with E-state index in [0.717, 1.165) is 28.9 Å². The molecule has 2 aliphatic rings. The maximum atomic E-state index is 13.2. The van der Waals surface area contributed by atoms with E-state index in [1.807, 2.05) is 24.3 Å². The van der Waals surface area contributed by atoms with Crippen LogP contribution < -0.4 is 10.1 Å². The van der Waals surface area contributed by atoms with Crippen LogP contribution in [0.3, 0.4) is 0 Å². The highest BCUT2D eigenvalue weighted by Gasteiger charge is 2.54. The first kappa shape index (κ1) is 20.1. The second-order valence-electron chi connectivity index (χ2n) is 7.81. The van der Waals surface area contributed by atoms with E-state index in [1.165, 1.54) is 6.92 Å². The van der Waals surface area contributed by atoms with E-state index in [4.69, 9.17) is 4.74 Å². The van der Waals surface area contributed by atoms with Crippen LogP contribution in [-0.4, -0.2) is 47.0 Å². The van der Waals surface area contributed by atoms with Crippen LogP contribution in [0.4, 0.5) is 4.79 Å². The number of rotatable bonds is 6. The van der Waals surface area contributed by atoms with Crippen LogP contribution in [0, 0.1) is 0 Å². The zero-order valence-corrected chi connectivity index (χ0v) is 16.8. The molecule has 2 N–H and O–H groups in total. The van der Waals surface area contributed by atoms with Gasteiger partial charge in [-0.05, 0) is 49.4 Å². The Bertz CT molecular complexity index is 1000. The van der Waals surface area contributed by atoms with Gasteiger partial charge in [0, 0.05) is 5.56 Å². The molecule has 4 rings (SSSR count). The fourth-order valence-electron chi connectivity index (χ4n) is 4.24. The summed E-state index contributed by atoms with van der Waals surface area (Å²) in [5.41, 5.74) is 1.36. The maximum Gasteiger partial charge on any atom is 0.325 e. The van der Waals surface area contributed by atoms with Crippen molar-refractivity contribution in [2.24, 2.45) is 0 Å². The molecule has 2 aromatic rings. The predicted molar refractivity (Wildman–Crippen MR) is 109 cm³/mol. The van der Waals surface area contributed by atoms with Gasteiger partial charge in [-0.15, -0.1) is 0 Å². The van der Waals surface area contributed by atoms with Gasteiger partial charge in [-0.3, -0.25) is 14.5 Å². The van der Waals surface area contributed by atoms with Gasteiger partial charge in [0.1, 0.15) is 24.0 Å². The number of hydrogen-bond donors (Lipinski definition) is 2. The Hall–Kier alpha value is -3.19. The van der Waals surface area contributed by atoms with Crippen molar-refractivity contribution in [2.45, 2.75) is 37.8 Å². The Morgan fingerprint density at radius 1 is 1.23 bits per heavy atom. The van der Waals surface area contributed by atoms with Gasteiger partial charge in [-0.2, -0.15) is 0 Å². The first-order valence-electron chi connectivity index (χ1n) is 10.0. The molecular formula is C23H24N2O5. The van der Waals surface area contributed by atoms with Crippen molar-refractivity contribution < 1.29 is 24.2 Å². The minimum absolute atomic E-state index is 0.0848. The number of amides is 3. The number of Topliss-reactive ketones (excluding diaryl/α,β-unsaturated/α-hetero) is 1. The van der Waals surface area contributed by atoms with Crippen molar-refractivity contribution in [3.63, 3.8) is 0 Å². The fourth-order valence-corrected chi connectivity index (χ4v) is 4.24. The zero-order chi connectivity index (χ0) is 21.3. The summed E-state index contributed by atoms with van der Waals surface area (Å²) in [6, 6.07) is 13.8. The van der Waals surface area contributed by atoms with Crippen molar-refractivity contribution in [2.75, 3.05) is 13.2 Å². The van der Waals surface area contributed by atoms with Gasteiger partial charge in [0.05, 0.1) is 6.54 Å². The Morgan fingerprint density at radius 3 is 2.83 bits per heavy atom. The number of benzene rings is 2. The number of ether oxygens (including phenoxy) is 1. The third kappa shape index (κ3) is 3.57. The molecule has 2 aromatic carbocycles. The van der Waals surface area contributed by atoms with E-state index in [0.29, 0.717) is 17.7 Å². The van der Waals surface area contributed by atoms with Crippen molar-refractivity contribution in [1.82, 2.24) is 10.2 Å². The molecule has 1 aliphatic heterocycles. The monoisotopic (exact) mass is 408 g/mol. The van der Waals surface area contributed by atoms with E-state index < -0.39 is 17.7 Å². The summed E-state index contributed by atoms with van der Waals surface area (Å²) in [5, 5.41) is 13.3. The average Bonchev–Trinajstić information content (AvgIpc) is 2.97. The van der Waals surface area contributed by atoms with E-state index in [1.54, 1.807) is 24.3 Å². The molecule has 0 saturated carbocycles. The lowest BCUT2D eigenvalue weighted by molar-refractivity contribution is -0.133. The number of carbonyl (C=O) groups is 3. The highest BCUT2D eigenvalue weighted by atomic mass is 16.5. The van der Waals surface area contributed by atoms with Crippen molar-refractivity contribution in [1.29, 1.82) is 0 Å². The van der Waals surface area contributed by atoms with Crippen LogP contribution in [0.5, 0.6) is 5.75 Å². The topological polar surface area (TPSA) is 95.9 Å². The number of aliphatic hydroxyl groups is 1. The number of imide groups is 1. The number of fused-ring (bicyclic) bond motifs is 2. The number of carbonyl (C=O) groups excluding carboxylic acids is 3. The lowest BCUT2D eigenvalue weighted by atomic mass is 9.76. The molecule has 0 radical (unpaired) electrons. The van der Waals surface area contributed by atoms with E-state index >= 15 is 0 Å². The summed E-state index contributed by atoms with van der Waals surface area (Å²) in [5.74, 6) is 0.0206. The molecule has 1 spiro atoms. The zero-order valence-electron chi connectivity index (χ0n) is 16.8. The summed E-state index contributed by atoms with van der Waals surface area (Å²) >= 11 is 0. The van der Waals surface area contributed by atoms with E-state index in [2.05, 4.69) is 5.32 Å². The Balaban J connectivity index is 1.44. The minimum atomic E-state index is -1.06. The van der Waals surface area contributed by atoms with Gasteiger partial charge in [-0.25, -0.2) is 4.79 Å². The van der Waals surface area contributed by atoms with E-state index in [9.17, 15) is 19.5 Å². The summed E-state index contributed by atoms with van der Waals surface area (Å²) in [7, 11) is 0. The molecule has 0 bridgehead atoms. The van der Waals surface area contributed by atoms with Crippen LogP contribution >= 0.6 is 0 Å². The molecule has 3 amide bonds. The number of ketones is 1. The number of nitrogens with one attached hydrogen (secondary N) is 1. The Kier molecular flexibility index (Phi) is 5.30. The number of nitrogens with zero attached hydrogens (tertiary/aromatic N) is 1. The molecular weight excluding hydrogens is 384 g/mol. The van der Waals surface area contributed by atoms with Crippen LogP contribution in [0.15, 0.2) is 48.5 Å². The van der Waals surface area contributed by atoms with Crippen molar-refractivity contribution in [3.05, 3.63) is 65.2 Å². The smallest absolute Gasteiger partial charge is 0.325 e. The SMILES string of the molecule is CC(=O)c1cccc(OC[C@H](O)CN2C(=O)N[C@@]3(CCCc4ccccc43)C2=O)c1. The lowest BCUT2D eigenvalue weighted by Gasteiger charge is -2.33. The van der Waals surface area contributed by atoms with Gasteiger partial charge in [0.2, 0.25) is 0 Å². The molecule has 1 heterocycles. The first-order valence-corrected chi connectivity index (χ1v) is 10.0. The number of hydrogen-bond acceptors (Lipinski definition) is 5. The van der Waals surface area contributed by atoms with Gasteiger partial charge in [0.25, 0.3) is 5.91 Å². The van der Waals surface area contributed by atoms with Gasteiger partial charge in [0.15, 0.2) is 5.78 Å². The quantitative estimate of drug-likeness (QED) is 0.565. The second-order valence-corrected chi connectivity index (χ2v) is 7.81. The molecule has 7 heteroatoms. The van der Waals surface area contributed by atoms with Crippen molar-refractivity contribution in [3.8, 4) is 5.75 Å². The van der Waals surface area contributed by atoms with Gasteiger partial charge in [-0.1, -0.05) is 36.4 Å². The standard InChI is InChI=1S/C23H24N2O5/c1-15(26)17-7-4-9-19(12-17)30-14-18(27)13-25-21(28)23(24-22(25)29)11-5-8-16-6-2-3-10-20(16)23/h2-4,6-7,9-10,12,18,27H,5,8,11,13-14H2,1H3,(H,24,29)/t18-,23-/m1/s1. The number of aliphatic hydroxyl groups excluding tert-OH is 1. The van der Waals surface area contributed by atoms with Crippen LogP contribution in [0.2, 0.25) is 0 Å². The molecule has 7 nitrogen and oxygen atoms in total. The molecule has 156 valence electrons. The number of β-amino-alcohol motifs (C(OH)–C–C–N with tert-alkyl or cyclic N) is 1. The van der Waals surface area contributed by atoms with Crippen molar-refractivity contribution >= 4 is 17.7 Å². The highest BCUT2D eigenvalue weighted by molar-refractivity contribution is 6.07. The normalized spacial score (nSPS) is 21.3. The van der Waals surface area contributed by atoms with Crippen LogP contribution in [-0.2, 0) is 16.8 Å². The molecule has 1 aliphatic carbocycles. The average molecular weight is 408 g/mol. The Labute approximate surface area is 174 Å². The molecule has 1 fully saturated rings. The fraction of sp³-hybridized carbons (Fsp3) is 0.348. The van der Waals surface area contributed by atoms with E-state index in [-0.39, 0.29) is 24.8 Å². The summed E-state index contributed by atoms with van der Waals surface area (Å²) < 4.78 is 5.56. The highest BCUT2D eigenvalue weighted by Crippen LogP contribution is 2.39. The maximum absolute atomic E-state index is 13.2. The second kappa shape index (κ2) is 7.91. The summed E-state index contributed by atoms with van der Waals surface area (Å²) in [4.78, 5) is 38.4. The molecule has 1 saturated heterocycles. The number of urea groups is 1. The van der Waals surface area contributed by atoms with Crippen LogP contribution in [0.1, 0.15) is 41.3 Å². The molecule has 0 aromatic heterocycles. The summed E-state index contributed by atoms with van der Waals surface area (Å²) in [6.07, 6.45) is 1.15. The predicted octanol–water partition coefficient (Wildman–Crippen LogP) is 2.41. The third-order valence-corrected chi connectivity index (χ3v) is 5.73. The summed E-state index contributed by atoms with van der Waals surface area (Å²) in [6.45, 7) is 1.19. The Morgan fingerprint density at radius 2 is 2.03 bits per heavy atom.